The van der Waals surface area contributed by atoms with Gasteiger partial charge in [-0.15, -0.1) is 0 Å². The zero-order valence-electron chi connectivity index (χ0n) is 10.7. The minimum absolute atomic E-state index is 0.0445. The predicted molar refractivity (Wildman–Crippen MR) is 67.2 cm³/mol. The molecular weight excluding hydrogens is 234 g/mol. The van der Waals surface area contributed by atoms with Gasteiger partial charge in [0.1, 0.15) is 17.3 Å². The number of nitrogens with zero attached hydrogens (tertiary/aromatic N) is 1. The van der Waals surface area contributed by atoms with Crippen molar-refractivity contribution in [1.82, 2.24) is 0 Å². The van der Waals surface area contributed by atoms with Crippen molar-refractivity contribution in [2.24, 2.45) is 16.7 Å². The molecule has 2 rings (SSSR count). The van der Waals surface area contributed by atoms with Gasteiger partial charge in [-0.3, -0.25) is 4.79 Å². The maximum Gasteiger partial charge on any atom is 0.317 e. The molecule has 0 N–H and O–H groups in total. The van der Waals surface area contributed by atoms with Crippen LogP contribution < -0.4 is 0 Å². The molecule has 0 spiro atoms. The summed E-state index contributed by atoms with van der Waals surface area (Å²) in [6, 6.07) is 0. The van der Waals surface area contributed by atoms with Crippen molar-refractivity contribution in [2.75, 3.05) is 5.75 Å². The van der Waals surface area contributed by atoms with Gasteiger partial charge in [0.05, 0.1) is 0 Å². The molecule has 3 nitrogen and oxygen atoms in total. The largest absolute Gasteiger partial charge is 0.461 e. The summed E-state index contributed by atoms with van der Waals surface area (Å²) in [5.74, 6) is 0.578. The Hall–Kier alpha value is -0.690. The second-order valence-electron chi connectivity index (χ2n) is 5.97. The maximum absolute atomic E-state index is 11.6. The van der Waals surface area contributed by atoms with Crippen LogP contribution in [0.3, 0.4) is 0 Å². The molecule has 2 bridgehead atoms. The second kappa shape index (κ2) is 4.20. The predicted octanol–water partition coefficient (Wildman–Crippen LogP) is 2.96. The number of thioether (sulfide) groups is 1. The number of rotatable bonds is 3. The van der Waals surface area contributed by atoms with Gasteiger partial charge in [0.2, 0.25) is 0 Å². The number of hydrogen-bond donors (Lipinski definition) is 0. The summed E-state index contributed by atoms with van der Waals surface area (Å²) in [4.78, 5) is 11.6. The van der Waals surface area contributed by atoms with Crippen LogP contribution >= 0.6 is 11.8 Å². The first-order valence-electron chi connectivity index (χ1n) is 6.12. The Morgan fingerprint density at radius 1 is 1.53 bits per heavy atom. The van der Waals surface area contributed by atoms with Crippen LogP contribution in [0.2, 0.25) is 0 Å². The quantitative estimate of drug-likeness (QED) is 0.573. The summed E-state index contributed by atoms with van der Waals surface area (Å²) in [7, 11) is 0. The lowest BCUT2D eigenvalue weighted by Gasteiger charge is -2.38. The summed E-state index contributed by atoms with van der Waals surface area (Å²) in [6.45, 7) is 6.83. The first-order valence-corrected chi connectivity index (χ1v) is 7.11. The molecule has 4 heteroatoms. The number of carbonyl (C=O) groups excluding carboxylic acids is 1. The molecule has 0 saturated heterocycles. The van der Waals surface area contributed by atoms with Crippen LogP contribution in [0.5, 0.6) is 0 Å². The number of esters is 1. The number of nitriles is 1. The van der Waals surface area contributed by atoms with Crippen molar-refractivity contribution in [3.8, 4) is 5.40 Å². The van der Waals surface area contributed by atoms with Crippen molar-refractivity contribution in [1.29, 1.82) is 5.26 Å². The summed E-state index contributed by atoms with van der Waals surface area (Å²) in [5, 5.41) is 10.3. The Labute approximate surface area is 107 Å². The smallest absolute Gasteiger partial charge is 0.317 e. The standard InChI is InChI=1S/C13H19NO2S/c1-12(2)9-4-5-13(12,3)10(6-9)16-11(15)7-17-8-14/h9-10H,4-7H2,1-3H3. The third-order valence-corrected chi connectivity index (χ3v) is 5.75. The fourth-order valence-corrected chi connectivity index (χ4v) is 3.84. The molecule has 0 aliphatic heterocycles. The van der Waals surface area contributed by atoms with Crippen molar-refractivity contribution in [3.05, 3.63) is 0 Å². The number of hydrogen-bond acceptors (Lipinski definition) is 4. The third kappa shape index (κ3) is 1.85. The Morgan fingerprint density at radius 2 is 2.24 bits per heavy atom. The lowest BCUT2D eigenvalue weighted by molar-refractivity contribution is -0.153. The van der Waals surface area contributed by atoms with E-state index in [0.29, 0.717) is 5.92 Å². The summed E-state index contributed by atoms with van der Waals surface area (Å²) in [6.07, 6.45) is 3.44. The first-order chi connectivity index (χ1) is 7.91. The summed E-state index contributed by atoms with van der Waals surface area (Å²) in [5.41, 5.74) is 0.380. The molecule has 3 atom stereocenters. The van der Waals surface area contributed by atoms with Gasteiger partial charge in [0.15, 0.2) is 0 Å². The Balaban J connectivity index is 2.01. The van der Waals surface area contributed by atoms with E-state index < -0.39 is 0 Å². The monoisotopic (exact) mass is 253 g/mol. The number of fused-ring (bicyclic) bond motifs is 2. The van der Waals surface area contributed by atoms with E-state index in [1.54, 1.807) is 0 Å². The molecule has 2 fully saturated rings. The minimum atomic E-state index is -0.244. The van der Waals surface area contributed by atoms with Crippen molar-refractivity contribution >= 4 is 17.7 Å². The van der Waals surface area contributed by atoms with Gasteiger partial charge in [0, 0.05) is 5.41 Å². The zero-order valence-corrected chi connectivity index (χ0v) is 11.5. The average Bonchev–Trinajstić information content (AvgIpc) is 2.59. The molecule has 0 heterocycles. The third-order valence-electron chi connectivity index (χ3n) is 5.24. The van der Waals surface area contributed by atoms with Crippen molar-refractivity contribution in [3.63, 3.8) is 0 Å². The molecule has 0 aromatic rings. The molecule has 2 saturated carbocycles. The van der Waals surface area contributed by atoms with Gasteiger partial charge >= 0.3 is 5.97 Å². The highest BCUT2D eigenvalue weighted by atomic mass is 32.2. The highest BCUT2D eigenvalue weighted by Gasteiger charge is 2.62. The van der Waals surface area contributed by atoms with E-state index in [0.717, 1.165) is 24.6 Å². The van der Waals surface area contributed by atoms with Gasteiger partial charge in [0.25, 0.3) is 0 Å². The van der Waals surface area contributed by atoms with Gasteiger partial charge in [-0.2, -0.15) is 5.26 Å². The normalized spacial score (nSPS) is 37.8. The van der Waals surface area contributed by atoms with E-state index >= 15 is 0 Å². The molecular formula is C13H19NO2S. The topological polar surface area (TPSA) is 50.1 Å². The van der Waals surface area contributed by atoms with E-state index in [1.807, 2.05) is 5.40 Å². The number of thiocyanates is 1. The van der Waals surface area contributed by atoms with Gasteiger partial charge in [-0.05, 0) is 42.4 Å². The molecule has 2 aliphatic rings. The average molecular weight is 253 g/mol. The molecule has 0 radical (unpaired) electrons. The fraction of sp³-hybridized carbons (Fsp3) is 0.846. The van der Waals surface area contributed by atoms with Gasteiger partial charge in [-0.25, -0.2) is 0 Å². The summed E-state index contributed by atoms with van der Waals surface area (Å²) < 4.78 is 5.58. The van der Waals surface area contributed by atoms with Crippen molar-refractivity contribution < 1.29 is 9.53 Å². The van der Waals surface area contributed by atoms with E-state index in [1.165, 1.54) is 6.42 Å². The first kappa shape index (κ1) is 12.8. The minimum Gasteiger partial charge on any atom is -0.461 e. The molecule has 0 aromatic carbocycles. The van der Waals surface area contributed by atoms with Crippen LogP contribution in [0.1, 0.15) is 40.0 Å². The van der Waals surface area contributed by atoms with E-state index in [-0.39, 0.29) is 28.7 Å². The number of ether oxygens (including phenoxy) is 1. The SMILES string of the molecule is CC1(C)C2CCC1(C)C(OC(=O)CSC#N)C2. The maximum atomic E-state index is 11.6. The lowest BCUT2D eigenvalue weighted by Crippen LogP contribution is -2.38. The van der Waals surface area contributed by atoms with Crippen LogP contribution in [0.25, 0.3) is 0 Å². The molecule has 3 unspecified atom stereocenters. The molecule has 17 heavy (non-hydrogen) atoms. The molecule has 0 aromatic heterocycles. The van der Waals surface area contributed by atoms with Crippen molar-refractivity contribution in [2.45, 2.75) is 46.1 Å². The molecule has 94 valence electrons. The van der Waals surface area contributed by atoms with Crippen LogP contribution in [0.4, 0.5) is 0 Å². The lowest BCUT2D eigenvalue weighted by atomic mass is 9.70. The van der Waals surface area contributed by atoms with E-state index in [9.17, 15) is 4.79 Å². The number of carbonyl (C=O) groups is 1. The Kier molecular flexibility index (Phi) is 3.15. The second-order valence-corrected chi connectivity index (χ2v) is 6.73. The Bertz CT molecular complexity index is 374. The van der Waals surface area contributed by atoms with E-state index in [4.69, 9.17) is 10.00 Å². The van der Waals surface area contributed by atoms with Crippen LogP contribution in [-0.4, -0.2) is 17.8 Å². The van der Waals surface area contributed by atoms with E-state index in [2.05, 4.69) is 20.8 Å². The van der Waals surface area contributed by atoms with Crippen LogP contribution in [0, 0.1) is 27.4 Å². The van der Waals surface area contributed by atoms with Crippen LogP contribution in [0.15, 0.2) is 0 Å². The van der Waals surface area contributed by atoms with Gasteiger partial charge < -0.3 is 4.74 Å². The highest BCUT2D eigenvalue weighted by Crippen LogP contribution is 2.66. The fourth-order valence-electron chi connectivity index (χ4n) is 3.59. The molecule has 2 aliphatic carbocycles. The van der Waals surface area contributed by atoms with Crippen LogP contribution in [-0.2, 0) is 9.53 Å². The molecule has 0 amide bonds. The zero-order chi connectivity index (χ0) is 12.7. The Morgan fingerprint density at radius 3 is 2.71 bits per heavy atom. The highest BCUT2D eigenvalue weighted by molar-refractivity contribution is 8.04. The summed E-state index contributed by atoms with van der Waals surface area (Å²) >= 11 is 0.949. The van der Waals surface area contributed by atoms with Gasteiger partial charge in [-0.1, -0.05) is 20.8 Å².